The topological polar surface area (TPSA) is 12.9 Å². The largest absolute Gasteiger partial charge is 0.259 e. The Bertz CT molecular complexity index is 529. The third-order valence-corrected chi connectivity index (χ3v) is 4.40. The Morgan fingerprint density at radius 2 is 1.71 bits per heavy atom. The molecule has 1 heterocycles. The minimum atomic E-state index is 0.668. The molecule has 1 aromatic carbocycles. The molecule has 1 aromatic heterocycles. The van der Waals surface area contributed by atoms with Crippen LogP contribution in [0.4, 0.5) is 0 Å². The third kappa shape index (κ3) is 2.11. The molecule has 1 saturated carbocycles. The maximum atomic E-state index is 4.68. The van der Waals surface area contributed by atoms with Gasteiger partial charge >= 0.3 is 0 Å². The van der Waals surface area contributed by atoms with Gasteiger partial charge < -0.3 is 0 Å². The smallest absolute Gasteiger partial charge is 0.0513 e. The van der Waals surface area contributed by atoms with Crippen molar-refractivity contribution in [2.75, 3.05) is 0 Å². The lowest BCUT2D eigenvalue weighted by Gasteiger charge is -2.22. The summed E-state index contributed by atoms with van der Waals surface area (Å²) in [6.07, 6.45) is 8.68. The van der Waals surface area contributed by atoms with E-state index in [1.807, 2.05) is 6.20 Å². The van der Waals surface area contributed by atoms with Gasteiger partial charge in [-0.05, 0) is 34.2 Å². The summed E-state index contributed by atoms with van der Waals surface area (Å²) in [6, 6.07) is 8.59. The number of benzene rings is 1. The molecule has 0 amide bonds. The number of rotatable bonds is 1. The van der Waals surface area contributed by atoms with Crippen molar-refractivity contribution in [2.24, 2.45) is 0 Å². The van der Waals surface area contributed by atoms with Crippen molar-refractivity contribution in [3.63, 3.8) is 0 Å². The van der Waals surface area contributed by atoms with E-state index in [4.69, 9.17) is 0 Å². The van der Waals surface area contributed by atoms with Crippen LogP contribution < -0.4 is 0 Å². The van der Waals surface area contributed by atoms with Crippen LogP contribution >= 0.6 is 15.9 Å². The molecule has 1 aliphatic rings. The Morgan fingerprint density at radius 3 is 2.47 bits per heavy atom. The summed E-state index contributed by atoms with van der Waals surface area (Å²) in [5, 5.41) is 2.62. The SMILES string of the molecule is Brc1cnc(C2CCCCC2)c2ccccc12. The van der Waals surface area contributed by atoms with Crippen LogP contribution in [0.25, 0.3) is 10.8 Å². The summed E-state index contributed by atoms with van der Waals surface area (Å²) in [4.78, 5) is 4.68. The monoisotopic (exact) mass is 289 g/mol. The number of hydrogen-bond donors (Lipinski definition) is 0. The van der Waals surface area contributed by atoms with Gasteiger partial charge in [0, 0.05) is 22.0 Å². The van der Waals surface area contributed by atoms with Crippen LogP contribution in [-0.4, -0.2) is 4.98 Å². The van der Waals surface area contributed by atoms with Crippen LogP contribution in [-0.2, 0) is 0 Å². The summed E-state index contributed by atoms with van der Waals surface area (Å²) in [6.45, 7) is 0. The number of fused-ring (bicyclic) bond motifs is 1. The van der Waals surface area contributed by atoms with Gasteiger partial charge in [0.15, 0.2) is 0 Å². The van der Waals surface area contributed by atoms with E-state index < -0.39 is 0 Å². The van der Waals surface area contributed by atoms with Crippen molar-refractivity contribution in [1.29, 1.82) is 0 Å². The molecule has 1 nitrogen and oxygen atoms in total. The fourth-order valence-corrected chi connectivity index (χ4v) is 3.33. The van der Waals surface area contributed by atoms with E-state index in [1.54, 1.807) is 0 Å². The van der Waals surface area contributed by atoms with E-state index in [2.05, 4.69) is 45.2 Å². The molecule has 0 N–H and O–H groups in total. The van der Waals surface area contributed by atoms with E-state index in [-0.39, 0.29) is 0 Å². The highest BCUT2D eigenvalue weighted by molar-refractivity contribution is 9.10. The minimum Gasteiger partial charge on any atom is -0.259 e. The van der Waals surface area contributed by atoms with Crippen LogP contribution in [0.3, 0.4) is 0 Å². The van der Waals surface area contributed by atoms with Crippen molar-refractivity contribution >= 4 is 26.7 Å². The van der Waals surface area contributed by atoms with E-state index in [0.717, 1.165) is 4.47 Å². The molecule has 0 radical (unpaired) electrons. The zero-order valence-corrected chi connectivity index (χ0v) is 11.4. The summed E-state index contributed by atoms with van der Waals surface area (Å²) in [5.74, 6) is 0.668. The minimum absolute atomic E-state index is 0.668. The number of aromatic nitrogens is 1. The van der Waals surface area contributed by atoms with Crippen LogP contribution in [0.5, 0.6) is 0 Å². The van der Waals surface area contributed by atoms with Crippen LogP contribution in [0.2, 0.25) is 0 Å². The lowest BCUT2D eigenvalue weighted by Crippen LogP contribution is -2.07. The fraction of sp³-hybridized carbons (Fsp3) is 0.400. The highest BCUT2D eigenvalue weighted by Crippen LogP contribution is 2.36. The van der Waals surface area contributed by atoms with Crippen molar-refractivity contribution in [1.82, 2.24) is 4.98 Å². The Labute approximate surface area is 110 Å². The molecule has 88 valence electrons. The molecule has 0 spiro atoms. The average Bonchev–Trinajstić information content (AvgIpc) is 2.41. The van der Waals surface area contributed by atoms with Gasteiger partial charge in [0.05, 0.1) is 5.69 Å². The van der Waals surface area contributed by atoms with Gasteiger partial charge in [0.25, 0.3) is 0 Å². The molecule has 1 aliphatic carbocycles. The summed E-state index contributed by atoms with van der Waals surface area (Å²) in [7, 11) is 0. The zero-order valence-electron chi connectivity index (χ0n) is 9.82. The number of nitrogens with zero attached hydrogens (tertiary/aromatic N) is 1. The molecule has 0 saturated heterocycles. The molecule has 0 bridgehead atoms. The van der Waals surface area contributed by atoms with Gasteiger partial charge in [-0.3, -0.25) is 4.98 Å². The van der Waals surface area contributed by atoms with E-state index in [1.165, 1.54) is 48.6 Å². The first-order valence-corrected chi connectivity index (χ1v) is 7.18. The van der Waals surface area contributed by atoms with E-state index >= 15 is 0 Å². The van der Waals surface area contributed by atoms with Crippen molar-refractivity contribution in [3.05, 3.63) is 40.6 Å². The number of halogens is 1. The number of pyridine rings is 1. The highest BCUT2D eigenvalue weighted by atomic mass is 79.9. The van der Waals surface area contributed by atoms with E-state index in [9.17, 15) is 0 Å². The molecule has 1 fully saturated rings. The lowest BCUT2D eigenvalue weighted by molar-refractivity contribution is 0.439. The third-order valence-electron chi connectivity index (χ3n) is 3.77. The van der Waals surface area contributed by atoms with Crippen molar-refractivity contribution in [2.45, 2.75) is 38.0 Å². The first-order chi connectivity index (χ1) is 8.36. The van der Waals surface area contributed by atoms with Crippen LogP contribution in [0, 0.1) is 0 Å². The van der Waals surface area contributed by atoms with Gasteiger partial charge in [-0.15, -0.1) is 0 Å². The molecular formula is C15H16BrN. The van der Waals surface area contributed by atoms with Crippen molar-refractivity contribution < 1.29 is 0 Å². The maximum Gasteiger partial charge on any atom is 0.0513 e. The molecule has 2 heteroatoms. The van der Waals surface area contributed by atoms with Crippen LogP contribution in [0.1, 0.15) is 43.7 Å². The standard InChI is InChI=1S/C15H16BrN/c16-14-10-17-15(11-6-2-1-3-7-11)13-9-5-4-8-12(13)14/h4-5,8-11H,1-3,6-7H2. The predicted molar refractivity (Wildman–Crippen MR) is 75.3 cm³/mol. The Hall–Kier alpha value is -0.890. The van der Waals surface area contributed by atoms with Gasteiger partial charge in [-0.1, -0.05) is 43.5 Å². The van der Waals surface area contributed by atoms with Crippen molar-refractivity contribution in [3.8, 4) is 0 Å². The van der Waals surface area contributed by atoms with Gasteiger partial charge in [-0.25, -0.2) is 0 Å². The fourth-order valence-electron chi connectivity index (χ4n) is 2.88. The summed E-state index contributed by atoms with van der Waals surface area (Å²) >= 11 is 3.59. The molecule has 0 aliphatic heterocycles. The summed E-state index contributed by atoms with van der Waals surface area (Å²) < 4.78 is 1.10. The van der Waals surface area contributed by atoms with E-state index in [0.29, 0.717) is 5.92 Å². The first kappa shape index (κ1) is 11.2. The second kappa shape index (κ2) is 4.77. The normalized spacial score (nSPS) is 17.5. The lowest BCUT2D eigenvalue weighted by atomic mass is 9.85. The first-order valence-electron chi connectivity index (χ1n) is 6.39. The second-order valence-corrected chi connectivity index (χ2v) is 5.73. The quantitative estimate of drug-likeness (QED) is 0.716. The highest BCUT2D eigenvalue weighted by Gasteiger charge is 2.19. The Kier molecular flexibility index (Phi) is 3.15. The van der Waals surface area contributed by atoms with Crippen LogP contribution in [0.15, 0.2) is 34.9 Å². The van der Waals surface area contributed by atoms with Gasteiger partial charge in [0.1, 0.15) is 0 Å². The van der Waals surface area contributed by atoms with Gasteiger partial charge in [0.2, 0.25) is 0 Å². The Balaban J connectivity index is 2.12. The maximum absolute atomic E-state index is 4.68. The second-order valence-electron chi connectivity index (χ2n) is 4.87. The molecular weight excluding hydrogens is 274 g/mol. The average molecular weight is 290 g/mol. The van der Waals surface area contributed by atoms with Gasteiger partial charge in [-0.2, -0.15) is 0 Å². The molecule has 0 atom stereocenters. The summed E-state index contributed by atoms with van der Waals surface area (Å²) in [5.41, 5.74) is 1.31. The molecule has 3 rings (SSSR count). The molecule has 0 unspecified atom stereocenters. The Morgan fingerprint density at radius 1 is 1.00 bits per heavy atom. The zero-order chi connectivity index (χ0) is 11.7. The molecule has 17 heavy (non-hydrogen) atoms. The molecule has 2 aromatic rings. The predicted octanol–water partition coefficient (Wildman–Crippen LogP) is 5.05. The number of hydrogen-bond acceptors (Lipinski definition) is 1.